The molecule has 6 heteroatoms. The Morgan fingerprint density at radius 1 is 1.12 bits per heavy atom. The number of aromatic nitrogens is 2. The van der Waals surface area contributed by atoms with Crippen LogP contribution in [0.5, 0.6) is 0 Å². The average molecular weight is 327 g/mol. The van der Waals surface area contributed by atoms with E-state index < -0.39 is 0 Å². The summed E-state index contributed by atoms with van der Waals surface area (Å²) >= 11 is 0. The third kappa shape index (κ3) is 3.22. The number of nitrogens with one attached hydrogen (secondary N) is 1. The summed E-state index contributed by atoms with van der Waals surface area (Å²) in [5.74, 6) is -0.536. The number of fused-ring (bicyclic) bond motifs is 1. The molecule has 1 N–H and O–H groups in total. The van der Waals surface area contributed by atoms with Crippen LogP contribution in [0.15, 0.2) is 53.3 Å². The number of hydrogen-bond acceptors (Lipinski definition) is 2. The molecule has 0 fully saturated rings. The molecule has 124 valence electrons. The third-order valence-electron chi connectivity index (χ3n) is 3.98. The number of halogens is 1. The number of carbonyl (C=O) groups excluding carboxylic acids is 1. The zero-order valence-corrected chi connectivity index (χ0v) is 13.3. The molecule has 0 aliphatic heterocycles. The van der Waals surface area contributed by atoms with E-state index in [4.69, 9.17) is 0 Å². The van der Waals surface area contributed by atoms with Crippen molar-refractivity contribution in [1.29, 1.82) is 0 Å². The Morgan fingerprint density at radius 3 is 2.62 bits per heavy atom. The lowest BCUT2D eigenvalue weighted by Gasteiger charge is -2.06. The van der Waals surface area contributed by atoms with Crippen LogP contribution in [0.3, 0.4) is 0 Å². The minimum atomic E-state index is -0.291. The largest absolute Gasteiger partial charge is 0.354 e. The number of imidazole rings is 1. The number of benzene rings is 2. The summed E-state index contributed by atoms with van der Waals surface area (Å²) in [6, 6.07) is 13.6. The first-order valence-electron chi connectivity index (χ1n) is 7.71. The second-order valence-corrected chi connectivity index (χ2v) is 5.65. The molecule has 1 heterocycles. The van der Waals surface area contributed by atoms with E-state index in [0.29, 0.717) is 13.0 Å². The Balaban J connectivity index is 1.65. The summed E-state index contributed by atoms with van der Waals surface area (Å²) in [4.78, 5) is 24.4. The lowest BCUT2D eigenvalue weighted by atomic mass is 10.1. The van der Waals surface area contributed by atoms with E-state index in [2.05, 4.69) is 5.32 Å². The summed E-state index contributed by atoms with van der Waals surface area (Å²) < 4.78 is 16.1. The first-order chi connectivity index (χ1) is 11.6. The van der Waals surface area contributed by atoms with E-state index in [9.17, 15) is 14.0 Å². The van der Waals surface area contributed by atoms with E-state index in [1.807, 2.05) is 30.3 Å². The van der Waals surface area contributed by atoms with Gasteiger partial charge in [-0.15, -0.1) is 0 Å². The predicted octanol–water partition coefficient (Wildman–Crippen LogP) is 1.84. The predicted molar refractivity (Wildman–Crippen MR) is 90.3 cm³/mol. The fraction of sp³-hybridized carbons (Fsp3) is 0.222. The monoisotopic (exact) mass is 327 g/mol. The standard InChI is InChI=1S/C18H18FN3O2/c1-21-15-7-2-3-8-16(15)22(18(21)24)12-17(23)20-10-9-13-5-4-6-14(19)11-13/h2-8,11H,9-10,12H2,1H3,(H,20,23). The summed E-state index contributed by atoms with van der Waals surface area (Å²) in [5, 5.41) is 2.77. The fourth-order valence-electron chi connectivity index (χ4n) is 2.75. The highest BCUT2D eigenvalue weighted by Crippen LogP contribution is 2.11. The molecule has 0 aliphatic carbocycles. The van der Waals surface area contributed by atoms with Gasteiger partial charge in [-0.2, -0.15) is 0 Å². The Labute approximate surface area is 138 Å². The first-order valence-corrected chi connectivity index (χ1v) is 7.71. The lowest BCUT2D eigenvalue weighted by molar-refractivity contribution is -0.121. The minimum Gasteiger partial charge on any atom is -0.354 e. The van der Waals surface area contributed by atoms with Gasteiger partial charge >= 0.3 is 5.69 Å². The van der Waals surface area contributed by atoms with Crippen LogP contribution in [-0.4, -0.2) is 21.6 Å². The van der Waals surface area contributed by atoms with Crippen molar-refractivity contribution < 1.29 is 9.18 Å². The second-order valence-electron chi connectivity index (χ2n) is 5.65. The quantitative estimate of drug-likeness (QED) is 0.777. The minimum absolute atomic E-state index is 0.0384. The third-order valence-corrected chi connectivity index (χ3v) is 3.98. The van der Waals surface area contributed by atoms with E-state index in [-0.39, 0.29) is 24.0 Å². The van der Waals surface area contributed by atoms with Crippen molar-refractivity contribution in [2.24, 2.45) is 7.05 Å². The fourth-order valence-corrected chi connectivity index (χ4v) is 2.75. The maximum absolute atomic E-state index is 13.1. The van der Waals surface area contributed by atoms with Gasteiger partial charge in [0.1, 0.15) is 12.4 Å². The molecule has 3 rings (SSSR count). The molecule has 0 atom stereocenters. The van der Waals surface area contributed by atoms with Gasteiger partial charge in [-0.1, -0.05) is 24.3 Å². The summed E-state index contributed by atoms with van der Waals surface area (Å²) in [5.41, 5.74) is 2.11. The zero-order chi connectivity index (χ0) is 17.1. The molecule has 0 aliphatic rings. The summed E-state index contributed by atoms with van der Waals surface area (Å²) in [7, 11) is 1.68. The van der Waals surface area contributed by atoms with Gasteiger partial charge in [-0.05, 0) is 36.2 Å². The number of rotatable bonds is 5. The van der Waals surface area contributed by atoms with Crippen molar-refractivity contribution in [3.05, 3.63) is 70.4 Å². The van der Waals surface area contributed by atoms with Crippen molar-refractivity contribution in [3.8, 4) is 0 Å². The molecule has 0 saturated carbocycles. The number of hydrogen-bond donors (Lipinski definition) is 1. The molecule has 3 aromatic rings. The SMILES string of the molecule is Cn1c(=O)n(CC(=O)NCCc2cccc(F)c2)c2ccccc21. The van der Waals surface area contributed by atoms with Gasteiger partial charge in [0, 0.05) is 13.6 Å². The van der Waals surface area contributed by atoms with Gasteiger partial charge in [-0.3, -0.25) is 13.9 Å². The molecule has 0 saturated heterocycles. The highest BCUT2D eigenvalue weighted by molar-refractivity contribution is 5.80. The first kappa shape index (κ1) is 16.0. The molecule has 1 amide bonds. The van der Waals surface area contributed by atoms with Gasteiger partial charge in [0.15, 0.2) is 0 Å². The van der Waals surface area contributed by atoms with E-state index in [1.54, 1.807) is 13.1 Å². The van der Waals surface area contributed by atoms with Crippen molar-refractivity contribution >= 4 is 16.9 Å². The number of amides is 1. The second kappa shape index (κ2) is 6.70. The number of carbonyl (C=O) groups is 1. The normalized spacial score (nSPS) is 10.9. The Kier molecular flexibility index (Phi) is 4.46. The smallest absolute Gasteiger partial charge is 0.329 e. The van der Waals surface area contributed by atoms with E-state index >= 15 is 0 Å². The number of aryl methyl sites for hydroxylation is 1. The van der Waals surface area contributed by atoms with Crippen LogP contribution in [-0.2, 0) is 24.8 Å². The number of para-hydroxylation sites is 2. The molecular formula is C18H18FN3O2. The zero-order valence-electron chi connectivity index (χ0n) is 13.3. The van der Waals surface area contributed by atoms with Gasteiger partial charge in [0.2, 0.25) is 5.91 Å². The molecule has 0 bridgehead atoms. The van der Waals surface area contributed by atoms with Gasteiger partial charge in [0.25, 0.3) is 0 Å². The lowest BCUT2D eigenvalue weighted by Crippen LogP contribution is -2.33. The highest BCUT2D eigenvalue weighted by Gasteiger charge is 2.12. The maximum atomic E-state index is 13.1. The molecule has 0 spiro atoms. The van der Waals surface area contributed by atoms with Crippen molar-refractivity contribution in [1.82, 2.24) is 14.5 Å². The van der Waals surface area contributed by atoms with Crippen LogP contribution in [0.4, 0.5) is 4.39 Å². The van der Waals surface area contributed by atoms with Crippen LogP contribution in [0.25, 0.3) is 11.0 Å². The highest BCUT2D eigenvalue weighted by atomic mass is 19.1. The van der Waals surface area contributed by atoms with Gasteiger partial charge < -0.3 is 5.32 Å². The van der Waals surface area contributed by atoms with Gasteiger partial charge in [-0.25, -0.2) is 9.18 Å². The summed E-state index contributed by atoms with van der Waals surface area (Å²) in [6.45, 7) is 0.352. The van der Waals surface area contributed by atoms with Gasteiger partial charge in [0.05, 0.1) is 11.0 Å². The van der Waals surface area contributed by atoms with Crippen LogP contribution in [0, 0.1) is 5.82 Å². The van der Waals surface area contributed by atoms with E-state index in [1.165, 1.54) is 21.3 Å². The Bertz CT molecular complexity index is 943. The summed E-state index contributed by atoms with van der Waals surface area (Å²) in [6.07, 6.45) is 0.536. The van der Waals surface area contributed by atoms with Crippen LogP contribution >= 0.6 is 0 Å². The van der Waals surface area contributed by atoms with Crippen molar-refractivity contribution in [2.45, 2.75) is 13.0 Å². The Morgan fingerprint density at radius 2 is 1.88 bits per heavy atom. The van der Waals surface area contributed by atoms with Crippen LogP contribution in [0.1, 0.15) is 5.56 Å². The average Bonchev–Trinajstić information content (AvgIpc) is 2.80. The molecule has 0 radical (unpaired) electrons. The number of nitrogens with zero attached hydrogens (tertiary/aromatic N) is 2. The maximum Gasteiger partial charge on any atom is 0.329 e. The van der Waals surface area contributed by atoms with Crippen molar-refractivity contribution in [3.63, 3.8) is 0 Å². The molecule has 0 unspecified atom stereocenters. The molecule has 2 aromatic carbocycles. The Hall–Kier alpha value is -2.89. The topological polar surface area (TPSA) is 56.0 Å². The molecule has 24 heavy (non-hydrogen) atoms. The van der Waals surface area contributed by atoms with Crippen LogP contribution in [0.2, 0.25) is 0 Å². The van der Waals surface area contributed by atoms with Crippen molar-refractivity contribution in [2.75, 3.05) is 6.54 Å². The van der Waals surface area contributed by atoms with Crippen LogP contribution < -0.4 is 11.0 Å². The molecule has 5 nitrogen and oxygen atoms in total. The molecular weight excluding hydrogens is 309 g/mol. The van der Waals surface area contributed by atoms with E-state index in [0.717, 1.165) is 16.6 Å². The molecule has 1 aromatic heterocycles.